The Morgan fingerprint density at radius 1 is 1.55 bits per heavy atom. The zero-order valence-corrected chi connectivity index (χ0v) is 7.98. The van der Waals surface area contributed by atoms with Crippen LogP contribution in [0.25, 0.3) is 0 Å². The molecule has 0 unspecified atom stereocenters. The van der Waals surface area contributed by atoms with Gasteiger partial charge in [0.2, 0.25) is 0 Å². The second kappa shape index (κ2) is 3.74. The molecule has 0 aromatic heterocycles. The lowest BCUT2D eigenvalue weighted by Gasteiger charge is -2.04. The van der Waals surface area contributed by atoms with Gasteiger partial charge in [-0.15, -0.1) is 0 Å². The van der Waals surface area contributed by atoms with Crippen LogP contribution in [-0.2, 0) is 6.54 Å². The van der Waals surface area contributed by atoms with Crippen molar-refractivity contribution in [3.05, 3.63) is 28.2 Å². The first-order valence-electron chi connectivity index (χ1n) is 3.42. The molecule has 0 aliphatic carbocycles. The normalized spacial score (nSPS) is 10.0. The van der Waals surface area contributed by atoms with Crippen LogP contribution in [-0.4, -0.2) is 7.05 Å². The van der Waals surface area contributed by atoms with E-state index in [1.807, 2.05) is 25.2 Å². The van der Waals surface area contributed by atoms with E-state index in [1.165, 1.54) is 0 Å². The molecule has 0 fully saturated rings. The van der Waals surface area contributed by atoms with Gasteiger partial charge in [0, 0.05) is 16.7 Å². The minimum absolute atomic E-state index is 0.811. The van der Waals surface area contributed by atoms with Crippen molar-refractivity contribution in [2.45, 2.75) is 6.54 Å². The Bertz CT molecular complexity index is 248. The van der Waals surface area contributed by atoms with Crippen LogP contribution in [0.3, 0.4) is 0 Å². The van der Waals surface area contributed by atoms with Crippen LogP contribution in [0, 0.1) is 0 Å². The largest absolute Gasteiger partial charge is 0.398 e. The number of hydrogen-bond acceptors (Lipinski definition) is 2. The molecule has 0 heterocycles. The van der Waals surface area contributed by atoms with Gasteiger partial charge in [0.15, 0.2) is 0 Å². The van der Waals surface area contributed by atoms with Crippen molar-refractivity contribution in [2.75, 3.05) is 12.8 Å². The predicted octanol–water partition coefficient (Wildman–Crippen LogP) is 1.75. The highest BCUT2D eigenvalue weighted by molar-refractivity contribution is 9.10. The summed E-state index contributed by atoms with van der Waals surface area (Å²) in [7, 11) is 1.90. The number of nitrogens with one attached hydrogen (secondary N) is 1. The summed E-state index contributed by atoms with van der Waals surface area (Å²) < 4.78 is 1.07. The van der Waals surface area contributed by atoms with Gasteiger partial charge < -0.3 is 11.1 Å². The molecule has 3 heteroatoms. The Morgan fingerprint density at radius 2 is 2.27 bits per heavy atom. The average Bonchev–Trinajstić information content (AvgIpc) is 1.98. The van der Waals surface area contributed by atoms with E-state index in [2.05, 4.69) is 21.2 Å². The van der Waals surface area contributed by atoms with Crippen LogP contribution in [0.1, 0.15) is 5.56 Å². The van der Waals surface area contributed by atoms with Gasteiger partial charge in [-0.3, -0.25) is 0 Å². The summed E-state index contributed by atoms with van der Waals surface area (Å²) in [6.07, 6.45) is 0. The summed E-state index contributed by atoms with van der Waals surface area (Å²) in [5.41, 5.74) is 7.68. The molecule has 0 amide bonds. The molecule has 0 radical (unpaired) electrons. The van der Waals surface area contributed by atoms with Crippen molar-refractivity contribution >= 4 is 21.6 Å². The minimum atomic E-state index is 0.811. The maximum atomic E-state index is 5.71. The van der Waals surface area contributed by atoms with Crippen LogP contribution < -0.4 is 11.1 Å². The van der Waals surface area contributed by atoms with Gasteiger partial charge in [-0.1, -0.05) is 15.9 Å². The number of nitrogen functional groups attached to an aromatic ring is 1. The predicted molar refractivity (Wildman–Crippen MR) is 51.3 cm³/mol. The van der Waals surface area contributed by atoms with Crippen molar-refractivity contribution in [1.29, 1.82) is 0 Å². The van der Waals surface area contributed by atoms with E-state index in [0.29, 0.717) is 0 Å². The van der Waals surface area contributed by atoms with Crippen molar-refractivity contribution in [3.63, 3.8) is 0 Å². The van der Waals surface area contributed by atoms with Crippen molar-refractivity contribution in [2.24, 2.45) is 0 Å². The molecular weight excluding hydrogens is 204 g/mol. The van der Waals surface area contributed by atoms with Gasteiger partial charge in [-0.05, 0) is 30.8 Å². The molecule has 3 N–H and O–H groups in total. The van der Waals surface area contributed by atoms with Crippen molar-refractivity contribution in [1.82, 2.24) is 5.32 Å². The summed E-state index contributed by atoms with van der Waals surface area (Å²) in [4.78, 5) is 0. The smallest absolute Gasteiger partial charge is 0.0360 e. The summed E-state index contributed by atoms with van der Waals surface area (Å²) in [5.74, 6) is 0. The van der Waals surface area contributed by atoms with Gasteiger partial charge >= 0.3 is 0 Å². The fourth-order valence-corrected chi connectivity index (χ4v) is 1.33. The Kier molecular flexibility index (Phi) is 2.91. The van der Waals surface area contributed by atoms with E-state index >= 15 is 0 Å². The second-order valence-corrected chi connectivity index (χ2v) is 3.29. The van der Waals surface area contributed by atoms with E-state index < -0.39 is 0 Å². The molecule has 0 saturated carbocycles. The maximum Gasteiger partial charge on any atom is 0.0360 e. The first-order chi connectivity index (χ1) is 5.24. The number of halogens is 1. The SMILES string of the molecule is CNCc1cc(Br)ccc1N. The van der Waals surface area contributed by atoms with Crippen LogP contribution >= 0.6 is 15.9 Å². The van der Waals surface area contributed by atoms with Gasteiger partial charge in [0.1, 0.15) is 0 Å². The lowest BCUT2D eigenvalue weighted by atomic mass is 10.2. The third-order valence-electron chi connectivity index (χ3n) is 1.47. The van der Waals surface area contributed by atoms with Gasteiger partial charge in [-0.2, -0.15) is 0 Å². The quantitative estimate of drug-likeness (QED) is 0.737. The van der Waals surface area contributed by atoms with Crippen LogP contribution in [0.15, 0.2) is 22.7 Å². The number of nitrogens with two attached hydrogens (primary N) is 1. The molecule has 0 bridgehead atoms. The van der Waals surface area contributed by atoms with E-state index in [1.54, 1.807) is 0 Å². The molecule has 2 nitrogen and oxygen atoms in total. The minimum Gasteiger partial charge on any atom is -0.398 e. The second-order valence-electron chi connectivity index (χ2n) is 2.37. The molecular formula is C8H11BrN2. The molecule has 0 saturated heterocycles. The third kappa shape index (κ3) is 2.20. The molecule has 60 valence electrons. The zero-order chi connectivity index (χ0) is 8.27. The summed E-state index contributed by atoms with van der Waals surface area (Å²) in [5, 5.41) is 3.05. The topological polar surface area (TPSA) is 38.0 Å². The Morgan fingerprint density at radius 3 is 2.91 bits per heavy atom. The highest BCUT2D eigenvalue weighted by atomic mass is 79.9. The Hall–Kier alpha value is -0.540. The summed E-state index contributed by atoms with van der Waals surface area (Å²) in [6.45, 7) is 0.811. The number of benzene rings is 1. The van der Waals surface area contributed by atoms with Crippen LogP contribution in [0.4, 0.5) is 5.69 Å². The molecule has 0 atom stereocenters. The molecule has 1 rings (SSSR count). The molecule has 0 spiro atoms. The van der Waals surface area contributed by atoms with Crippen LogP contribution in [0.5, 0.6) is 0 Å². The maximum absolute atomic E-state index is 5.71. The first kappa shape index (κ1) is 8.56. The van der Waals surface area contributed by atoms with E-state index in [4.69, 9.17) is 5.73 Å². The zero-order valence-electron chi connectivity index (χ0n) is 6.39. The Balaban J connectivity index is 2.93. The van der Waals surface area contributed by atoms with Gasteiger partial charge in [0.25, 0.3) is 0 Å². The fraction of sp³-hybridized carbons (Fsp3) is 0.250. The highest BCUT2D eigenvalue weighted by Gasteiger charge is 1.97. The molecule has 0 aliphatic rings. The Labute approximate surface area is 74.9 Å². The fourth-order valence-electron chi connectivity index (χ4n) is 0.918. The van der Waals surface area contributed by atoms with E-state index in [-0.39, 0.29) is 0 Å². The summed E-state index contributed by atoms with van der Waals surface area (Å²) >= 11 is 3.38. The highest BCUT2D eigenvalue weighted by Crippen LogP contribution is 2.17. The molecule has 1 aromatic carbocycles. The van der Waals surface area contributed by atoms with Gasteiger partial charge in [-0.25, -0.2) is 0 Å². The molecule has 1 aromatic rings. The average molecular weight is 215 g/mol. The monoisotopic (exact) mass is 214 g/mol. The number of hydrogen-bond donors (Lipinski definition) is 2. The van der Waals surface area contributed by atoms with Crippen molar-refractivity contribution < 1.29 is 0 Å². The molecule has 0 aliphatic heterocycles. The van der Waals surface area contributed by atoms with Crippen molar-refractivity contribution in [3.8, 4) is 0 Å². The van der Waals surface area contributed by atoms with Gasteiger partial charge in [0.05, 0.1) is 0 Å². The summed E-state index contributed by atoms with van der Waals surface area (Å²) in [6, 6.07) is 5.86. The van der Waals surface area contributed by atoms with E-state index in [0.717, 1.165) is 22.3 Å². The lowest BCUT2D eigenvalue weighted by Crippen LogP contribution is -2.07. The van der Waals surface area contributed by atoms with E-state index in [9.17, 15) is 0 Å². The first-order valence-corrected chi connectivity index (χ1v) is 4.22. The molecule has 11 heavy (non-hydrogen) atoms. The number of anilines is 1. The lowest BCUT2D eigenvalue weighted by molar-refractivity contribution is 0.819. The standard InChI is InChI=1S/C8H11BrN2/c1-11-5-6-4-7(9)2-3-8(6)10/h2-4,11H,5,10H2,1H3. The third-order valence-corrected chi connectivity index (χ3v) is 1.97. The number of rotatable bonds is 2. The van der Waals surface area contributed by atoms with Crippen LogP contribution in [0.2, 0.25) is 0 Å².